The topological polar surface area (TPSA) is 86.8 Å². The Morgan fingerprint density at radius 1 is 0.905 bits per heavy atom. The highest BCUT2D eigenvalue weighted by Gasteiger charge is 2.34. The number of aryl methyl sites for hydroxylation is 1. The molecular formula is C32H37Cl2N3O4S. The summed E-state index contributed by atoms with van der Waals surface area (Å²) in [5.41, 5.74) is 2.98. The molecule has 0 spiro atoms. The number of amides is 2. The number of hydrogen-bond acceptors (Lipinski definition) is 4. The Bertz CT molecular complexity index is 1480. The van der Waals surface area contributed by atoms with Gasteiger partial charge in [-0.3, -0.25) is 13.9 Å². The number of nitrogens with zero attached hydrogens (tertiary/aromatic N) is 2. The zero-order valence-electron chi connectivity index (χ0n) is 23.9. The van der Waals surface area contributed by atoms with Crippen LogP contribution in [0.15, 0.2) is 72.8 Å². The van der Waals surface area contributed by atoms with Crippen molar-refractivity contribution in [2.75, 3.05) is 17.1 Å². The van der Waals surface area contributed by atoms with E-state index in [-0.39, 0.29) is 24.9 Å². The maximum Gasteiger partial charge on any atom is 0.244 e. The molecule has 1 N–H and O–H groups in total. The molecule has 4 rings (SSSR count). The molecule has 2 amide bonds. The van der Waals surface area contributed by atoms with Gasteiger partial charge in [-0.15, -0.1) is 0 Å². The van der Waals surface area contributed by atoms with E-state index in [1.165, 1.54) is 4.90 Å². The largest absolute Gasteiger partial charge is 0.352 e. The Balaban J connectivity index is 1.73. The zero-order chi connectivity index (χ0) is 30.3. The average Bonchev–Trinajstić information content (AvgIpc) is 3.48. The molecule has 224 valence electrons. The minimum atomic E-state index is -3.83. The molecule has 0 saturated heterocycles. The van der Waals surface area contributed by atoms with Crippen LogP contribution in [0.5, 0.6) is 0 Å². The first-order valence-electron chi connectivity index (χ1n) is 14.2. The summed E-state index contributed by atoms with van der Waals surface area (Å²) in [4.78, 5) is 29.6. The summed E-state index contributed by atoms with van der Waals surface area (Å²) in [6.07, 6.45) is 6.00. The van der Waals surface area contributed by atoms with Crippen molar-refractivity contribution in [3.63, 3.8) is 0 Å². The quantitative estimate of drug-likeness (QED) is 0.265. The highest BCUT2D eigenvalue weighted by atomic mass is 35.5. The summed E-state index contributed by atoms with van der Waals surface area (Å²) in [6.45, 7) is 1.59. The fourth-order valence-corrected chi connectivity index (χ4v) is 6.44. The molecule has 1 aliphatic rings. The van der Waals surface area contributed by atoms with Gasteiger partial charge in [0.1, 0.15) is 12.6 Å². The molecule has 42 heavy (non-hydrogen) atoms. The van der Waals surface area contributed by atoms with E-state index in [4.69, 9.17) is 23.2 Å². The maximum atomic E-state index is 14.2. The molecule has 3 aromatic rings. The number of anilines is 1. The molecular weight excluding hydrogens is 593 g/mol. The highest BCUT2D eigenvalue weighted by Crippen LogP contribution is 2.26. The van der Waals surface area contributed by atoms with Gasteiger partial charge in [0, 0.05) is 19.0 Å². The van der Waals surface area contributed by atoms with E-state index >= 15 is 0 Å². The number of nitrogens with one attached hydrogen (secondary N) is 1. The van der Waals surface area contributed by atoms with Crippen LogP contribution in [0.1, 0.15) is 49.3 Å². The predicted molar refractivity (Wildman–Crippen MR) is 169 cm³/mol. The van der Waals surface area contributed by atoms with Crippen LogP contribution in [-0.2, 0) is 39.0 Å². The molecule has 1 aliphatic carbocycles. The van der Waals surface area contributed by atoms with Crippen molar-refractivity contribution in [1.82, 2.24) is 10.2 Å². The number of hydrogen-bond donors (Lipinski definition) is 1. The maximum absolute atomic E-state index is 14.2. The van der Waals surface area contributed by atoms with E-state index in [9.17, 15) is 18.0 Å². The van der Waals surface area contributed by atoms with Gasteiger partial charge in [0.05, 0.1) is 22.0 Å². The predicted octanol–water partition coefficient (Wildman–Crippen LogP) is 6.02. The first-order valence-corrected chi connectivity index (χ1v) is 16.8. The molecule has 0 aliphatic heterocycles. The Labute approximate surface area is 258 Å². The summed E-state index contributed by atoms with van der Waals surface area (Å²) in [5.74, 6) is -0.772. The number of halogens is 2. The van der Waals surface area contributed by atoms with Crippen LogP contribution >= 0.6 is 23.2 Å². The van der Waals surface area contributed by atoms with Crippen molar-refractivity contribution in [2.45, 2.75) is 64.1 Å². The third-order valence-electron chi connectivity index (χ3n) is 7.62. The Hall–Kier alpha value is -3.07. The molecule has 0 bridgehead atoms. The van der Waals surface area contributed by atoms with Crippen molar-refractivity contribution < 1.29 is 18.0 Å². The van der Waals surface area contributed by atoms with Gasteiger partial charge in [-0.05, 0) is 60.2 Å². The van der Waals surface area contributed by atoms with Crippen LogP contribution in [0.25, 0.3) is 0 Å². The zero-order valence-corrected chi connectivity index (χ0v) is 26.3. The summed E-state index contributed by atoms with van der Waals surface area (Å²) >= 11 is 12.5. The highest BCUT2D eigenvalue weighted by molar-refractivity contribution is 7.92. The monoisotopic (exact) mass is 629 g/mol. The molecule has 1 fully saturated rings. The molecule has 1 saturated carbocycles. The number of rotatable bonds is 12. The average molecular weight is 631 g/mol. The van der Waals surface area contributed by atoms with Gasteiger partial charge in [-0.25, -0.2) is 8.42 Å². The fourth-order valence-electron chi connectivity index (χ4n) is 5.27. The summed E-state index contributed by atoms with van der Waals surface area (Å²) < 4.78 is 27.0. The lowest BCUT2D eigenvalue weighted by Crippen LogP contribution is -2.54. The van der Waals surface area contributed by atoms with Crippen molar-refractivity contribution in [3.8, 4) is 0 Å². The van der Waals surface area contributed by atoms with Gasteiger partial charge in [0.25, 0.3) is 0 Å². The van der Waals surface area contributed by atoms with Gasteiger partial charge in [0.2, 0.25) is 21.8 Å². The third kappa shape index (κ3) is 8.49. The molecule has 7 nitrogen and oxygen atoms in total. The number of carbonyl (C=O) groups is 2. The van der Waals surface area contributed by atoms with Crippen LogP contribution in [0.2, 0.25) is 10.0 Å². The van der Waals surface area contributed by atoms with E-state index in [2.05, 4.69) is 5.32 Å². The van der Waals surface area contributed by atoms with Crippen LogP contribution in [0.4, 0.5) is 5.69 Å². The Morgan fingerprint density at radius 3 is 2.14 bits per heavy atom. The molecule has 10 heteroatoms. The van der Waals surface area contributed by atoms with E-state index in [1.807, 2.05) is 49.4 Å². The van der Waals surface area contributed by atoms with Gasteiger partial charge in [0.15, 0.2) is 0 Å². The van der Waals surface area contributed by atoms with E-state index in [0.717, 1.165) is 53.8 Å². The molecule has 0 unspecified atom stereocenters. The van der Waals surface area contributed by atoms with Gasteiger partial charge in [-0.2, -0.15) is 0 Å². The van der Waals surface area contributed by atoms with Crippen LogP contribution < -0.4 is 9.62 Å². The van der Waals surface area contributed by atoms with Crippen LogP contribution in [-0.4, -0.2) is 50.0 Å². The number of sulfonamides is 1. The van der Waals surface area contributed by atoms with E-state index < -0.39 is 28.5 Å². The molecule has 3 aromatic carbocycles. The summed E-state index contributed by atoms with van der Waals surface area (Å²) in [7, 11) is -3.83. The Kier molecular flexibility index (Phi) is 10.9. The second-order valence-corrected chi connectivity index (χ2v) is 13.5. The van der Waals surface area contributed by atoms with Crippen molar-refractivity contribution in [3.05, 3.63) is 99.5 Å². The van der Waals surface area contributed by atoms with Gasteiger partial charge in [-0.1, -0.05) is 91.5 Å². The standard InChI is InChI=1S/C32H37Cl2N3O4S/c1-3-23-13-16-27(17-14-23)37(42(2,40)41)22-31(38)36(21-25-15-18-28(33)29(34)19-25)30(20-24-9-5-4-6-10-24)32(39)35-26-11-7-8-12-26/h4-6,9-10,13-19,26,30H,3,7-8,11-12,20-22H2,1-2H3,(H,35,39)/t30-/m0/s1. The van der Waals surface area contributed by atoms with Gasteiger partial charge < -0.3 is 10.2 Å². The minimum Gasteiger partial charge on any atom is -0.352 e. The first kappa shape index (κ1) is 31.9. The first-order chi connectivity index (χ1) is 20.0. The molecule has 1 atom stereocenters. The lowest BCUT2D eigenvalue weighted by molar-refractivity contribution is -0.140. The smallest absolute Gasteiger partial charge is 0.244 e. The lowest BCUT2D eigenvalue weighted by Gasteiger charge is -2.34. The minimum absolute atomic E-state index is 0.0394. The van der Waals surface area contributed by atoms with E-state index in [0.29, 0.717) is 21.3 Å². The number of carbonyl (C=O) groups excluding carboxylic acids is 2. The van der Waals surface area contributed by atoms with Crippen LogP contribution in [0, 0.1) is 0 Å². The molecule has 0 radical (unpaired) electrons. The Morgan fingerprint density at radius 2 is 1.55 bits per heavy atom. The SMILES string of the molecule is CCc1ccc(N(CC(=O)N(Cc2ccc(Cl)c(Cl)c2)[C@@H](Cc2ccccc2)C(=O)NC2CCCC2)S(C)(=O)=O)cc1. The van der Waals surface area contributed by atoms with E-state index in [1.54, 1.807) is 30.3 Å². The fraction of sp³-hybridized carbons (Fsp3) is 0.375. The van der Waals surface area contributed by atoms with Crippen LogP contribution in [0.3, 0.4) is 0 Å². The summed E-state index contributed by atoms with van der Waals surface area (Å²) in [6, 6.07) is 20.8. The molecule has 0 heterocycles. The third-order valence-corrected chi connectivity index (χ3v) is 9.50. The lowest BCUT2D eigenvalue weighted by atomic mass is 10.0. The normalized spacial score (nSPS) is 14.4. The number of benzene rings is 3. The molecule has 0 aromatic heterocycles. The summed E-state index contributed by atoms with van der Waals surface area (Å²) in [5, 5.41) is 3.85. The second kappa shape index (κ2) is 14.4. The van der Waals surface area contributed by atoms with Crippen molar-refractivity contribution in [1.29, 1.82) is 0 Å². The van der Waals surface area contributed by atoms with Gasteiger partial charge >= 0.3 is 0 Å². The second-order valence-electron chi connectivity index (χ2n) is 10.8. The van der Waals surface area contributed by atoms with Crippen molar-refractivity contribution >= 4 is 50.7 Å². The van der Waals surface area contributed by atoms with Crippen molar-refractivity contribution in [2.24, 2.45) is 0 Å².